The van der Waals surface area contributed by atoms with Crippen molar-refractivity contribution in [2.75, 3.05) is 26.2 Å². The van der Waals surface area contributed by atoms with E-state index in [0.29, 0.717) is 5.92 Å². The van der Waals surface area contributed by atoms with E-state index < -0.39 is 0 Å². The quantitative estimate of drug-likeness (QED) is 0.867. The molecule has 20 heavy (non-hydrogen) atoms. The van der Waals surface area contributed by atoms with E-state index >= 15 is 0 Å². The summed E-state index contributed by atoms with van der Waals surface area (Å²) in [6.45, 7) is 10.6. The van der Waals surface area contributed by atoms with Crippen LogP contribution in [-0.4, -0.2) is 31.1 Å². The van der Waals surface area contributed by atoms with Crippen LogP contribution in [0.5, 0.6) is 5.75 Å². The first kappa shape index (κ1) is 15.3. The van der Waals surface area contributed by atoms with Gasteiger partial charge in [0, 0.05) is 24.1 Å². The van der Waals surface area contributed by atoms with Gasteiger partial charge >= 0.3 is 0 Å². The highest BCUT2D eigenvalue weighted by Gasteiger charge is 2.29. The molecule has 112 valence electrons. The van der Waals surface area contributed by atoms with Crippen LogP contribution in [-0.2, 0) is 0 Å². The van der Waals surface area contributed by atoms with Crippen LogP contribution in [0.2, 0.25) is 0 Å². The van der Waals surface area contributed by atoms with Gasteiger partial charge in [0.15, 0.2) is 0 Å². The standard InChI is InChI=1S/C17H28N2O/c1-4-9-19(10-5-2)11-14-12-20-17-13(3)7-6-8-15(17)16(14)18/h6-8,14,16H,4-5,9-12,18H2,1-3H3. The van der Waals surface area contributed by atoms with E-state index in [0.717, 1.165) is 32.0 Å². The first-order valence-electron chi connectivity index (χ1n) is 7.87. The zero-order valence-corrected chi connectivity index (χ0v) is 13.1. The normalized spacial score (nSPS) is 21.6. The molecule has 3 heteroatoms. The Kier molecular flexibility index (Phi) is 5.44. The highest BCUT2D eigenvalue weighted by molar-refractivity contribution is 5.44. The second-order valence-electron chi connectivity index (χ2n) is 5.89. The van der Waals surface area contributed by atoms with Crippen LogP contribution >= 0.6 is 0 Å². The molecule has 2 unspecified atom stereocenters. The number of rotatable bonds is 6. The summed E-state index contributed by atoms with van der Waals surface area (Å²) in [7, 11) is 0. The summed E-state index contributed by atoms with van der Waals surface area (Å²) in [5.41, 5.74) is 8.86. The highest BCUT2D eigenvalue weighted by atomic mass is 16.5. The van der Waals surface area contributed by atoms with E-state index in [9.17, 15) is 0 Å². The number of aryl methyl sites for hydroxylation is 1. The first-order valence-corrected chi connectivity index (χ1v) is 7.87. The van der Waals surface area contributed by atoms with Gasteiger partial charge in [-0.05, 0) is 38.4 Å². The summed E-state index contributed by atoms with van der Waals surface area (Å²) in [5, 5.41) is 0. The van der Waals surface area contributed by atoms with Crippen LogP contribution in [0, 0.1) is 12.8 Å². The van der Waals surface area contributed by atoms with E-state index in [4.69, 9.17) is 10.5 Å². The van der Waals surface area contributed by atoms with Gasteiger partial charge in [-0.15, -0.1) is 0 Å². The number of nitrogens with zero attached hydrogens (tertiary/aromatic N) is 1. The van der Waals surface area contributed by atoms with Gasteiger partial charge in [0.2, 0.25) is 0 Å². The van der Waals surface area contributed by atoms with E-state index in [-0.39, 0.29) is 6.04 Å². The second-order valence-corrected chi connectivity index (χ2v) is 5.89. The molecule has 1 aromatic rings. The Morgan fingerprint density at radius 3 is 2.60 bits per heavy atom. The SMILES string of the molecule is CCCN(CCC)CC1COc2c(C)cccc2C1N. The molecular formula is C17H28N2O. The molecule has 0 spiro atoms. The average Bonchev–Trinajstić information content (AvgIpc) is 2.43. The predicted molar refractivity (Wildman–Crippen MR) is 84.1 cm³/mol. The molecule has 0 amide bonds. The number of benzene rings is 1. The average molecular weight is 276 g/mol. The van der Waals surface area contributed by atoms with Crippen molar-refractivity contribution >= 4 is 0 Å². The Morgan fingerprint density at radius 2 is 1.95 bits per heavy atom. The summed E-state index contributed by atoms with van der Waals surface area (Å²) >= 11 is 0. The number of fused-ring (bicyclic) bond motifs is 1. The Morgan fingerprint density at radius 1 is 1.25 bits per heavy atom. The van der Waals surface area contributed by atoms with Crippen molar-refractivity contribution in [1.29, 1.82) is 0 Å². The molecule has 2 N–H and O–H groups in total. The number of hydrogen-bond acceptors (Lipinski definition) is 3. The maximum atomic E-state index is 6.49. The van der Waals surface area contributed by atoms with Crippen molar-refractivity contribution in [2.24, 2.45) is 11.7 Å². The van der Waals surface area contributed by atoms with E-state index in [1.807, 2.05) is 0 Å². The fourth-order valence-electron chi connectivity index (χ4n) is 3.11. The minimum atomic E-state index is 0.0925. The maximum Gasteiger partial charge on any atom is 0.126 e. The number of ether oxygens (including phenoxy) is 1. The third kappa shape index (κ3) is 3.33. The predicted octanol–water partition coefficient (Wildman–Crippen LogP) is 3.13. The molecule has 0 aliphatic carbocycles. The van der Waals surface area contributed by atoms with Crippen molar-refractivity contribution in [3.05, 3.63) is 29.3 Å². The molecular weight excluding hydrogens is 248 g/mol. The van der Waals surface area contributed by atoms with Gasteiger partial charge in [0.25, 0.3) is 0 Å². The monoisotopic (exact) mass is 276 g/mol. The molecule has 0 saturated carbocycles. The minimum Gasteiger partial charge on any atom is -0.493 e. The zero-order chi connectivity index (χ0) is 14.5. The van der Waals surface area contributed by atoms with E-state index in [2.05, 4.69) is 43.9 Å². The Balaban J connectivity index is 2.08. The Labute approximate surface area is 123 Å². The summed E-state index contributed by atoms with van der Waals surface area (Å²) in [5.74, 6) is 1.40. The van der Waals surface area contributed by atoms with Crippen LogP contribution in [0.15, 0.2) is 18.2 Å². The Hall–Kier alpha value is -1.06. The molecule has 1 aliphatic rings. The molecule has 0 bridgehead atoms. The minimum absolute atomic E-state index is 0.0925. The van der Waals surface area contributed by atoms with E-state index in [1.54, 1.807) is 0 Å². The molecule has 0 aromatic heterocycles. The summed E-state index contributed by atoms with van der Waals surface area (Å²) in [6, 6.07) is 6.38. The third-order valence-electron chi connectivity index (χ3n) is 4.12. The second kappa shape index (κ2) is 7.09. The molecule has 0 radical (unpaired) electrons. The lowest BCUT2D eigenvalue weighted by Crippen LogP contribution is -2.41. The topological polar surface area (TPSA) is 38.5 Å². The fourth-order valence-corrected chi connectivity index (χ4v) is 3.11. The Bertz CT molecular complexity index is 427. The van der Waals surface area contributed by atoms with Crippen LogP contribution in [0.25, 0.3) is 0 Å². The highest BCUT2D eigenvalue weighted by Crippen LogP contribution is 2.36. The van der Waals surface area contributed by atoms with Crippen LogP contribution < -0.4 is 10.5 Å². The van der Waals surface area contributed by atoms with Crippen LogP contribution in [0.3, 0.4) is 0 Å². The first-order chi connectivity index (χ1) is 9.67. The molecule has 2 rings (SSSR count). The lowest BCUT2D eigenvalue weighted by Gasteiger charge is -2.35. The fraction of sp³-hybridized carbons (Fsp3) is 0.647. The van der Waals surface area contributed by atoms with Gasteiger partial charge in [-0.1, -0.05) is 32.0 Å². The number of nitrogens with two attached hydrogens (primary N) is 1. The maximum absolute atomic E-state index is 6.49. The summed E-state index contributed by atoms with van der Waals surface area (Å²) in [4.78, 5) is 2.52. The summed E-state index contributed by atoms with van der Waals surface area (Å²) < 4.78 is 5.99. The van der Waals surface area contributed by atoms with Crippen LogP contribution in [0.1, 0.15) is 43.9 Å². The van der Waals surface area contributed by atoms with Gasteiger partial charge < -0.3 is 15.4 Å². The van der Waals surface area contributed by atoms with Crippen LogP contribution in [0.4, 0.5) is 0 Å². The molecule has 0 fully saturated rings. The van der Waals surface area contributed by atoms with Crippen molar-refractivity contribution in [3.8, 4) is 5.75 Å². The zero-order valence-electron chi connectivity index (χ0n) is 13.1. The van der Waals surface area contributed by atoms with Gasteiger partial charge in [0.05, 0.1) is 6.61 Å². The molecule has 1 aromatic carbocycles. The van der Waals surface area contributed by atoms with Crippen molar-refractivity contribution in [3.63, 3.8) is 0 Å². The van der Waals surface area contributed by atoms with E-state index in [1.165, 1.54) is 24.0 Å². The lowest BCUT2D eigenvalue weighted by atomic mass is 9.89. The van der Waals surface area contributed by atoms with Crippen molar-refractivity contribution in [2.45, 2.75) is 39.7 Å². The number of para-hydroxylation sites is 1. The lowest BCUT2D eigenvalue weighted by molar-refractivity contribution is 0.137. The van der Waals surface area contributed by atoms with Crippen molar-refractivity contribution in [1.82, 2.24) is 4.90 Å². The molecule has 3 nitrogen and oxygen atoms in total. The third-order valence-corrected chi connectivity index (χ3v) is 4.12. The van der Waals surface area contributed by atoms with Gasteiger partial charge in [-0.3, -0.25) is 0 Å². The molecule has 0 saturated heterocycles. The van der Waals surface area contributed by atoms with Gasteiger partial charge in [-0.2, -0.15) is 0 Å². The molecule has 2 atom stereocenters. The van der Waals surface area contributed by atoms with Crippen molar-refractivity contribution < 1.29 is 4.74 Å². The van der Waals surface area contributed by atoms with Gasteiger partial charge in [0.1, 0.15) is 5.75 Å². The summed E-state index contributed by atoms with van der Waals surface area (Å²) in [6.07, 6.45) is 2.39. The smallest absolute Gasteiger partial charge is 0.126 e. The molecule has 1 heterocycles. The largest absolute Gasteiger partial charge is 0.493 e. The molecule has 1 aliphatic heterocycles. The number of hydrogen-bond donors (Lipinski definition) is 1. The van der Waals surface area contributed by atoms with Gasteiger partial charge in [-0.25, -0.2) is 0 Å².